The minimum atomic E-state index is 0.912. The zero-order chi connectivity index (χ0) is 14.1. The second kappa shape index (κ2) is 8.81. The SMILES string of the molecule is CCCCNCc1ccc(N(CC)CC)c(OC)c1. The van der Waals surface area contributed by atoms with Gasteiger partial charge in [-0.1, -0.05) is 19.4 Å². The van der Waals surface area contributed by atoms with Crippen LogP contribution in [0, 0.1) is 0 Å². The van der Waals surface area contributed by atoms with Crippen LogP contribution in [-0.2, 0) is 6.54 Å². The van der Waals surface area contributed by atoms with E-state index in [1.54, 1.807) is 7.11 Å². The quantitative estimate of drug-likeness (QED) is 0.692. The lowest BCUT2D eigenvalue weighted by Crippen LogP contribution is -2.22. The Morgan fingerprint density at radius 1 is 1.16 bits per heavy atom. The lowest BCUT2D eigenvalue weighted by molar-refractivity contribution is 0.413. The molecule has 0 radical (unpaired) electrons. The number of nitrogens with zero attached hydrogens (tertiary/aromatic N) is 1. The molecule has 1 aromatic rings. The molecule has 108 valence electrons. The van der Waals surface area contributed by atoms with E-state index in [9.17, 15) is 0 Å². The molecule has 1 rings (SSSR count). The first kappa shape index (κ1) is 15.8. The van der Waals surface area contributed by atoms with Gasteiger partial charge in [0.05, 0.1) is 12.8 Å². The fraction of sp³-hybridized carbons (Fsp3) is 0.625. The molecule has 3 nitrogen and oxygen atoms in total. The molecule has 0 heterocycles. The molecule has 0 atom stereocenters. The summed E-state index contributed by atoms with van der Waals surface area (Å²) in [5, 5.41) is 3.46. The summed E-state index contributed by atoms with van der Waals surface area (Å²) in [6, 6.07) is 6.50. The Morgan fingerprint density at radius 3 is 2.47 bits per heavy atom. The Kier molecular flexibility index (Phi) is 7.34. The van der Waals surface area contributed by atoms with E-state index in [0.717, 1.165) is 31.9 Å². The molecule has 0 aliphatic carbocycles. The molecule has 0 amide bonds. The van der Waals surface area contributed by atoms with Gasteiger partial charge >= 0.3 is 0 Å². The molecule has 3 heteroatoms. The van der Waals surface area contributed by atoms with Gasteiger partial charge in [0.2, 0.25) is 0 Å². The topological polar surface area (TPSA) is 24.5 Å². The summed E-state index contributed by atoms with van der Waals surface area (Å²) in [7, 11) is 1.75. The monoisotopic (exact) mass is 264 g/mol. The van der Waals surface area contributed by atoms with E-state index in [2.05, 4.69) is 49.2 Å². The van der Waals surface area contributed by atoms with Crippen LogP contribution < -0.4 is 15.0 Å². The molecule has 0 fully saturated rings. The molecule has 0 saturated carbocycles. The van der Waals surface area contributed by atoms with E-state index >= 15 is 0 Å². The van der Waals surface area contributed by atoms with Gasteiger partial charge in [0, 0.05) is 19.6 Å². The van der Waals surface area contributed by atoms with Crippen molar-refractivity contribution in [3.8, 4) is 5.75 Å². The molecule has 0 aliphatic rings. The first-order chi connectivity index (χ1) is 9.26. The van der Waals surface area contributed by atoms with E-state index in [1.807, 2.05) is 0 Å². The minimum Gasteiger partial charge on any atom is -0.495 e. The van der Waals surface area contributed by atoms with Crippen molar-refractivity contribution in [2.45, 2.75) is 40.2 Å². The molecular weight excluding hydrogens is 236 g/mol. The third-order valence-corrected chi connectivity index (χ3v) is 3.38. The normalized spacial score (nSPS) is 10.5. The van der Waals surface area contributed by atoms with Crippen molar-refractivity contribution < 1.29 is 4.74 Å². The van der Waals surface area contributed by atoms with Crippen LogP contribution in [0.1, 0.15) is 39.2 Å². The zero-order valence-corrected chi connectivity index (χ0v) is 12.8. The highest BCUT2D eigenvalue weighted by Crippen LogP contribution is 2.29. The first-order valence-electron chi connectivity index (χ1n) is 7.39. The average Bonchev–Trinajstić information content (AvgIpc) is 2.46. The smallest absolute Gasteiger partial charge is 0.142 e. The van der Waals surface area contributed by atoms with Gasteiger partial charge in [0.15, 0.2) is 0 Å². The highest BCUT2D eigenvalue weighted by molar-refractivity contribution is 5.59. The summed E-state index contributed by atoms with van der Waals surface area (Å²) in [6.07, 6.45) is 2.46. The van der Waals surface area contributed by atoms with Gasteiger partial charge < -0.3 is 15.0 Å². The summed E-state index contributed by atoms with van der Waals surface area (Å²) in [5.41, 5.74) is 2.47. The molecular formula is C16H28N2O. The number of hydrogen-bond acceptors (Lipinski definition) is 3. The maximum atomic E-state index is 5.53. The van der Waals surface area contributed by atoms with Crippen molar-refractivity contribution in [2.75, 3.05) is 31.6 Å². The third kappa shape index (κ3) is 4.75. The van der Waals surface area contributed by atoms with E-state index < -0.39 is 0 Å². The fourth-order valence-corrected chi connectivity index (χ4v) is 2.19. The number of hydrogen-bond donors (Lipinski definition) is 1. The molecule has 1 aromatic carbocycles. The lowest BCUT2D eigenvalue weighted by atomic mass is 10.1. The van der Waals surface area contributed by atoms with Crippen molar-refractivity contribution in [3.63, 3.8) is 0 Å². The number of rotatable bonds is 9. The first-order valence-corrected chi connectivity index (χ1v) is 7.39. The van der Waals surface area contributed by atoms with Crippen LogP contribution in [0.5, 0.6) is 5.75 Å². The Bertz CT molecular complexity index is 362. The molecule has 0 saturated heterocycles. The van der Waals surface area contributed by atoms with Gasteiger partial charge in [-0.25, -0.2) is 0 Å². The van der Waals surface area contributed by atoms with E-state index in [-0.39, 0.29) is 0 Å². The van der Waals surface area contributed by atoms with E-state index in [0.29, 0.717) is 0 Å². The summed E-state index contributed by atoms with van der Waals surface area (Å²) in [4.78, 5) is 2.31. The Morgan fingerprint density at radius 2 is 1.89 bits per heavy atom. The van der Waals surface area contributed by atoms with Crippen molar-refractivity contribution in [1.82, 2.24) is 5.32 Å². The Hall–Kier alpha value is -1.22. The number of ether oxygens (including phenoxy) is 1. The standard InChI is InChI=1S/C16H28N2O/c1-5-8-11-17-13-14-9-10-15(16(12-14)19-4)18(6-2)7-3/h9-10,12,17H,5-8,11,13H2,1-4H3. The lowest BCUT2D eigenvalue weighted by Gasteiger charge is -2.23. The summed E-state index contributed by atoms with van der Waals surface area (Å²) in [5.74, 6) is 0.971. The van der Waals surface area contributed by atoms with Crippen LogP contribution in [0.25, 0.3) is 0 Å². The molecule has 19 heavy (non-hydrogen) atoms. The third-order valence-electron chi connectivity index (χ3n) is 3.38. The molecule has 0 bridgehead atoms. The van der Waals surface area contributed by atoms with Crippen LogP contribution >= 0.6 is 0 Å². The van der Waals surface area contributed by atoms with Crippen LogP contribution in [-0.4, -0.2) is 26.7 Å². The van der Waals surface area contributed by atoms with Crippen molar-refractivity contribution >= 4 is 5.69 Å². The van der Waals surface area contributed by atoms with E-state index in [1.165, 1.54) is 24.1 Å². The van der Waals surface area contributed by atoms with Crippen molar-refractivity contribution in [2.24, 2.45) is 0 Å². The molecule has 0 aromatic heterocycles. The predicted molar refractivity (Wildman–Crippen MR) is 83.2 cm³/mol. The summed E-state index contributed by atoms with van der Waals surface area (Å²) in [6.45, 7) is 10.5. The molecule has 0 spiro atoms. The second-order valence-corrected chi connectivity index (χ2v) is 4.71. The van der Waals surface area contributed by atoms with Gasteiger partial charge in [-0.2, -0.15) is 0 Å². The van der Waals surface area contributed by atoms with E-state index in [4.69, 9.17) is 4.74 Å². The van der Waals surface area contributed by atoms with Gasteiger partial charge in [-0.05, 0) is 44.5 Å². The number of benzene rings is 1. The van der Waals surface area contributed by atoms with Gasteiger partial charge in [-0.15, -0.1) is 0 Å². The number of unbranched alkanes of at least 4 members (excludes halogenated alkanes) is 1. The van der Waals surface area contributed by atoms with Gasteiger partial charge in [0.25, 0.3) is 0 Å². The minimum absolute atomic E-state index is 0.912. The number of methoxy groups -OCH3 is 1. The highest BCUT2D eigenvalue weighted by atomic mass is 16.5. The maximum Gasteiger partial charge on any atom is 0.142 e. The average molecular weight is 264 g/mol. The van der Waals surface area contributed by atoms with Crippen molar-refractivity contribution in [1.29, 1.82) is 0 Å². The predicted octanol–water partition coefficient (Wildman–Crippen LogP) is 3.43. The maximum absolute atomic E-state index is 5.53. The molecule has 0 unspecified atom stereocenters. The second-order valence-electron chi connectivity index (χ2n) is 4.71. The number of nitrogens with one attached hydrogen (secondary N) is 1. The van der Waals surface area contributed by atoms with Gasteiger partial charge in [0.1, 0.15) is 5.75 Å². The Balaban J connectivity index is 2.72. The largest absolute Gasteiger partial charge is 0.495 e. The van der Waals surface area contributed by atoms with Crippen molar-refractivity contribution in [3.05, 3.63) is 23.8 Å². The van der Waals surface area contributed by atoms with Gasteiger partial charge in [-0.3, -0.25) is 0 Å². The summed E-state index contributed by atoms with van der Waals surface area (Å²) < 4.78 is 5.53. The van der Waals surface area contributed by atoms with Crippen LogP contribution in [0.2, 0.25) is 0 Å². The highest BCUT2D eigenvalue weighted by Gasteiger charge is 2.09. The Labute approximate surface area is 118 Å². The molecule has 0 aliphatic heterocycles. The fourth-order valence-electron chi connectivity index (χ4n) is 2.19. The summed E-state index contributed by atoms with van der Waals surface area (Å²) >= 11 is 0. The van der Waals surface area contributed by atoms with Crippen LogP contribution in [0.4, 0.5) is 5.69 Å². The zero-order valence-electron chi connectivity index (χ0n) is 12.8. The number of anilines is 1. The molecule has 1 N–H and O–H groups in total. The van der Waals surface area contributed by atoms with Crippen LogP contribution in [0.3, 0.4) is 0 Å². The van der Waals surface area contributed by atoms with Crippen LogP contribution in [0.15, 0.2) is 18.2 Å².